The molecule has 1 saturated heterocycles. The van der Waals surface area contributed by atoms with E-state index in [1.165, 1.54) is 0 Å². The minimum Gasteiger partial charge on any atom is -0.497 e. The highest BCUT2D eigenvalue weighted by Crippen LogP contribution is 2.36. The van der Waals surface area contributed by atoms with Gasteiger partial charge in [-0.05, 0) is 64.1 Å². The minimum atomic E-state index is -0.520. The number of ether oxygens (including phenoxy) is 3. The number of nitrogens with one attached hydrogen (secondary N) is 1. The molecule has 2 heterocycles. The van der Waals surface area contributed by atoms with Crippen molar-refractivity contribution < 1.29 is 23.8 Å². The van der Waals surface area contributed by atoms with Gasteiger partial charge in [0.1, 0.15) is 17.1 Å². The maximum absolute atomic E-state index is 12.5. The van der Waals surface area contributed by atoms with Gasteiger partial charge in [0.05, 0.1) is 18.6 Å². The molecule has 0 aliphatic carbocycles. The van der Waals surface area contributed by atoms with Gasteiger partial charge in [0, 0.05) is 44.7 Å². The van der Waals surface area contributed by atoms with E-state index in [0.717, 1.165) is 48.7 Å². The quantitative estimate of drug-likeness (QED) is 0.375. The van der Waals surface area contributed by atoms with Gasteiger partial charge in [-0.3, -0.25) is 4.79 Å². The molecule has 0 aromatic heterocycles. The molecule has 1 aromatic carbocycles. The summed E-state index contributed by atoms with van der Waals surface area (Å²) < 4.78 is 19.1. The van der Waals surface area contributed by atoms with E-state index >= 15 is 0 Å². The highest BCUT2D eigenvalue weighted by molar-refractivity contribution is 7.97. The second-order valence-corrected chi connectivity index (χ2v) is 10.6. The van der Waals surface area contributed by atoms with Gasteiger partial charge >= 0.3 is 6.09 Å². The van der Waals surface area contributed by atoms with E-state index in [0.29, 0.717) is 26.1 Å². The van der Waals surface area contributed by atoms with Crippen molar-refractivity contribution in [3.63, 3.8) is 0 Å². The molecule has 1 N–H and O–H groups in total. The van der Waals surface area contributed by atoms with E-state index in [1.807, 2.05) is 43.9 Å². The van der Waals surface area contributed by atoms with E-state index in [1.54, 1.807) is 19.1 Å². The summed E-state index contributed by atoms with van der Waals surface area (Å²) in [6, 6.07) is 6.02. The molecule has 8 nitrogen and oxygen atoms in total. The van der Waals surface area contributed by atoms with Crippen molar-refractivity contribution in [3.8, 4) is 11.5 Å². The van der Waals surface area contributed by atoms with E-state index in [2.05, 4.69) is 21.8 Å². The Morgan fingerprint density at radius 3 is 2.88 bits per heavy atom. The van der Waals surface area contributed by atoms with Crippen LogP contribution in [0.15, 0.2) is 35.2 Å². The summed E-state index contributed by atoms with van der Waals surface area (Å²) >= 11 is 1.63. The molecule has 1 fully saturated rings. The van der Waals surface area contributed by atoms with Crippen LogP contribution in [0.2, 0.25) is 0 Å². The lowest BCUT2D eigenvalue weighted by Gasteiger charge is -2.30. The number of carbonyl (C=O) groups excluding carboxylic acids is 2. The maximum Gasteiger partial charge on any atom is 0.407 e. The van der Waals surface area contributed by atoms with Crippen LogP contribution >= 0.6 is 11.9 Å². The topological polar surface area (TPSA) is 80.3 Å². The zero-order valence-electron chi connectivity index (χ0n) is 20.7. The fraction of sp³-hybridized carbons (Fsp3) is 0.600. The summed E-state index contributed by atoms with van der Waals surface area (Å²) in [5.74, 6) is 1.75. The average Bonchev–Trinajstić information content (AvgIpc) is 3.12. The van der Waals surface area contributed by atoms with Gasteiger partial charge in [0.25, 0.3) is 0 Å². The number of hydrogen-bond donors (Lipinski definition) is 1. The molecule has 0 radical (unpaired) electrons. The summed E-state index contributed by atoms with van der Waals surface area (Å²) in [6.45, 7) is 8.70. The molecule has 1 atom stereocenters. The number of methoxy groups -OCH3 is 1. The zero-order valence-corrected chi connectivity index (χ0v) is 21.5. The van der Waals surface area contributed by atoms with Gasteiger partial charge in [0.2, 0.25) is 5.91 Å². The first-order chi connectivity index (χ1) is 16.2. The molecule has 3 rings (SSSR count). The van der Waals surface area contributed by atoms with Crippen molar-refractivity contribution in [2.45, 2.75) is 63.0 Å². The molecular weight excluding hydrogens is 454 g/mol. The summed E-state index contributed by atoms with van der Waals surface area (Å²) in [5, 5.41) is 2.83. The number of benzene rings is 1. The summed E-state index contributed by atoms with van der Waals surface area (Å²) in [6.07, 6.45) is 6.70. The molecule has 1 aromatic rings. The van der Waals surface area contributed by atoms with Crippen molar-refractivity contribution in [2.75, 3.05) is 39.9 Å². The Bertz CT molecular complexity index is 871. The normalized spacial score (nSPS) is 20.6. The van der Waals surface area contributed by atoms with Crippen LogP contribution in [-0.4, -0.2) is 72.7 Å². The van der Waals surface area contributed by atoms with Gasteiger partial charge in [-0.1, -0.05) is 12.2 Å². The summed E-state index contributed by atoms with van der Waals surface area (Å²) in [5.41, 5.74) is -0.520. The Hall–Kier alpha value is -2.39. The van der Waals surface area contributed by atoms with E-state index in [4.69, 9.17) is 14.2 Å². The van der Waals surface area contributed by atoms with Crippen LogP contribution in [-0.2, 0) is 9.53 Å². The van der Waals surface area contributed by atoms with Crippen molar-refractivity contribution >= 4 is 23.9 Å². The van der Waals surface area contributed by atoms with Crippen LogP contribution in [0.25, 0.3) is 0 Å². The van der Waals surface area contributed by atoms with Crippen LogP contribution in [0.4, 0.5) is 4.79 Å². The average molecular weight is 492 g/mol. The lowest BCUT2D eigenvalue weighted by atomic mass is 10.2. The fourth-order valence-corrected chi connectivity index (χ4v) is 4.97. The standard InChI is InChI=1S/C25H37N3O5S/c1-25(2,3)33-24(30)26-13-8-14-27-18-19-9-12-23(29)28(19)15-6-5-7-16-32-21-17-20(31-4)10-11-22(21)34-27/h5-6,10-11,17,19H,7-9,12-16,18H2,1-4H3,(H,26,30)/b6-5-/t19-/m1/s1. The highest BCUT2D eigenvalue weighted by Gasteiger charge is 2.32. The zero-order chi connectivity index (χ0) is 24.6. The number of fused-ring (bicyclic) bond motifs is 2. The molecule has 0 spiro atoms. The smallest absolute Gasteiger partial charge is 0.407 e. The monoisotopic (exact) mass is 491 g/mol. The number of amides is 2. The lowest BCUT2D eigenvalue weighted by molar-refractivity contribution is -0.128. The fourth-order valence-electron chi connectivity index (χ4n) is 3.89. The predicted octanol–water partition coefficient (Wildman–Crippen LogP) is 4.25. The molecule has 2 aliphatic heterocycles. The van der Waals surface area contributed by atoms with Crippen LogP contribution in [0, 0.1) is 0 Å². The molecule has 34 heavy (non-hydrogen) atoms. The molecule has 0 bridgehead atoms. The first kappa shape index (κ1) is 26.2. The van der Waals surface area contributed by atoms with Gasteiger partial charge in [-0.2, -0.15) is 0 Å². The second-order valence-electron chi connectivity index (χ2n) is 9.42. The number of carbonyl (C=O) groups is 2. The molecule has 9 heteroatoms. The molecule has 0 unspecified atom stereocenters. The van der Waals surface area contributed by atoms with E-state index < -0.39 is 11.7 Å². The predicted molar refractivity (Wildman–Crippen MR) is 133 cm³/mol. The summed E-state index contributed by atoms with van der Waals surface area (Å²) in [4.78, 5) is 27.4. The second kappa shape index (κ2) is 12.4. The largest absolute Gasteiger partial charge is 0.497 e. The Labute approximate surface area is 207 Å². The molecule has 2 aliphatic rings. The minimum absolute atomic E-state index is 0.159. The Kier molecular flexibility index (Phi) is 9.53. The van der Waals surface area contributed by atoms with Crippen LogP contribution < -0.4 is 14.8 Å². The number of nitrogens with zero attached hydrogens (tertiary/aromatic N) is 2. The van der Waals surface area contributed by atoms with E-state index in [-0.39, 0.29) is 11.9 Å². The summed E-state index contributed by atoms with van der Waals surface area (Å²) in [7, 11) is 1.65. The van der Waals surface area contributed by atoms with Crippen molar-refractivity contribution in [2.24, 2.45) is 0 Å². The Morgan fingerprint density at radius 2 is 2.12 bits per heavy atom. The van der Waals surface area contributed by atoms with Crippen molar-refractivity contribution in [1.29, 1.82) is 0 Å². The third-order valence-electron chi connectivity index (χ3n) is 5.51. The van der Waals surface area contributed by atoms with Crippen molar-refractivity contribution in [1.82, 2.24) is 14.5 Å². The molecule has 2 amide bonds. The number of hydrogen-bond acceptors (Lipinski definition) is 7. The first-order valence-corrected chi connectivity index (χ1v) is 12.7. The van der Waals surface area contributed by atoms with Crippen molar-refractivity contribution in [3.05, 3.63) is 30.4 Å². The van der Waals surface area contributed by atoms with Crippen LogP contribution in [0.3, 0.4) is 0 Å². The molecule has 0 saturated carbocycles. The Balaban J connectivity index is 1.71. The highest BCUT2D eigenvalue weighted by atomic mass is 32.2. The van der Waals surface area contributed by atoms with Gasteiger partial charge in [0.15, 0.2) is 0 Å². The Morgan fingerprint density at radius 1 is 1.29 bits per heavy atom. The van der Waals surface area contributed by atoms with Crippen LogP contribution in [0.1, 0.15) is 46.5 Å². The third kappa shape index (κ3) is 8.13. The SMILES string of the molecule is COc1ccc2c(c1)OCC/C=C\CN1C(=O)CC[C@@H]1CN(CCCNC(=O)OC(C)(C)C)S2. The third-order valence-corrected chi connectivity index (χ3v) is 6.63. The number of rotatable bonds is 5. The van der Waals surface area contributed by atoms with Crippen LogP contribution in [0.5, 0.6) is 11.5 Å². The van der Waals surface area contributed by atoms with E-state index in [9.17, 15) is 9.59 Å². The maximum atomic E-state index is 12.5. The molecule has 188 valence electrons. The van der Waals surface area contributed by atoms with Gasteiger partial charge in [-0.15, -0.1) is 0 Å². The first-order valence-electron chi connectivity index (χ1n) is 11.9. The van der Waals surface area contributed by atoms with Gasteiger partial charge in [-0.25, -0.2) is 9.10 Å². The lowest BCUT2D eigenvalue weighted by Crippen LogP contribution is -2.40. The molecular formula is C25H37N3O5S. The van der Waals surface area contributed by atoms with Gasteiger partial charge < -0.3 is 24.4 Å². The number of alkyl carbamates (subject to hydrolysis) is 1.